The Kier molecular flexibility index (Phi) is 7.35. The lowest BCUT2D eigenvalue weighted by molar-refractivity contribution is -0.144. The fourth-order valence-corrected chi connectivity index (χ4v) is 2.20. The van der Waals surface area contributed by atoms with E-state index in [1.165, 1.54) is 25.7 Å². The Labute approximate surface area is 142 Å². The van der Waals surface area contributed by atoms with Gasteiger partial charge >= 0.3 is 5.97 Å². The third-order valence-corrected chi connectivity index (χ3v) is 3.59. The van der Waals surface area contributed by atoms with Crippen molar-refractivity contribution in [3.8, 4) is 0 Å². The van der Waals surface area contributed by atoms with Gasteiger partial charge in [-0.3, -0.25) is 9.78 Å². The molecular weight excluding hydrogens is 308 g/mol. The van der Waals surface area contributed by atoms with Gasteiger partial charge in [0.25, 0.3) is 5.91 Å². The maximum absolute atomic E-state index is 12.3. The van der Waals surface area contributed by atoms with Gasteiger partial charge in [-0.25, -0.2) is 9.78 Å². The first-order valence-corrected chi connectivity index (χ1v) is 7.88. The lowest BCUT2D eigenvalue weighted by Gasteiger charge is -2.29. The molecule has 132 valence electrons. The zero-order valence-corrected chi connectivity index (χ0v) is 14.9. The molecule has 1 aromatic rings. The van der Waals surface area contributed by atoms with E-state index >= 15 is 0 Å². The molecule has 1 rings (SSSR count). The highest BCUT2D eigenvalue weighted by atomic mass is 16.5. The fraction of sp³-hybridized carbons (Fsp3) is 0.529. The largest absolute Gasteiger partial charge is 0.467 e. The molecule has 0 aliphatic rings. The summed E-state index contributed by atoms with van der Waals surface area (Å²) in [5.74, 6) is -0.633. The van der Waals surface area contributed by atoms with Gasteiger partial charge in [-0.2, -0.15) is 0 Å². The molecule has 1 aromatic heterocycles. The van der Waals surface area contributed by atoms with Crippen LogP contribution in [0.1, 0.15) is 38.2 Å². The first-order valence-electron chi connectivity index (χ1n) is 7.88. The quantitative estimate of drug-likeness (QED) is 0.700. The van der Waals surface area contributed by atoms with Crippen LogP contribution >= 0.6 is 0 Å². The normalized spacial score (nSPS) is 13.3. The van der Waals surface area contributed by atoms with Gasteiger partial charge in [-0.15, -0.1) is 0 Å². The Morgan fingerprint density at radius 1 is 1.08 bits per heavy atom. The van der Waals surface area contributed by atoms with E-state index < -0.39 is 6.04 Å². The second kappa shape index (κ2) is 9.00. The summed E-state index contributed by atoms with van der Waals surface area (Å²) in [6, 6.07) is -0.900. The highest BCUT2D eigenvalue weighted by Gasteiger charge is 2.27. The Hall–Kier alpha value is -2.44. The van der Waals surface area contributed by atoms with Crippen LogP contribution in [0.15, 0.2) is 30.9 Å². The van der Waals surface area contributed by atoms with Crippen molar-refractivity contribution < 1.29 is 14.3 Å². The van der Waals surface area contributed by atoms with Gasteiger partial charge in [0.2, 0.25) is 0 Å². The molecule has 0 bridgehead atoms. The maximum atomic E-state index is 12.3. The molecule has 0 saturated heterocycles. The van der Waals surface area contributed by atoms with Gasteiger partial charge in [0, 0.05) is 18.1 Å². The number of carbonyl (C=O) groups excluding carboxylic acids is 2. The van der Waals surface area contributed by atoms with E-state index in [0.29, 0.717) is 5.70 Å². The number of amides is 1. The molecule has 7 nitrogen and oxygen atoms in total. The summed E-state index contributed by atoms with van der Waals surface area (Å²) in [6.45, 7) is 11.7. The van der Waals surface area contributed by atoms with Gasteiger partial charge in [0.1, 0.15) is 11.7 Å². The van der Waals surface area contributed by atoms with Gasteiger partial charge in [0.05, 0.1) is 19.3 Å². The monoisotopic (exact) mass is 334 g/mol. The topological polar surface area (TPSA) is 93.2 Å². The van der Waals surface area contributed by atoms with Crippen molar-refractivity contribution in [2.75, 3.05) is 7.11 Å². The molecule has 2 atom stereocenters. The average molecular weight is 334 g/mol. The number of carbonyl (C=O) groups is 2. The van der Waals surface area contributed by atoms with Gasteiger partial charge in [-0.05, 0) is 11.8 Å². The van der Waals surface area contributed by atoms with Crippen LogP contribution in [-0.2, 0) is 9.53 Å². The minimum atomic E-state index is -0.530. The number of nitrogens with one attached hydrogen (secondary N) is 2. The van der Waals surface area contributed by atoms with Crippen molar-refractivity contribution >= 4 is 11.9 Å². The summed E-state index contributed by atoms with van der Waals surface area (Å²) in [4.78, 5) is 32.1. The van der Waals surface area contributed by atoms with Gasteiger partial charge < -0.3 is 15.4 Å². The van der Waals surface area contributed by atoms with E-state index in [2.05, 4.69) is 27.2 Å². The Morgan fingerprint density at radius 3 is 2.17 bits per heavy atom. The van der Waals surface area contributed by atoms with E-state index in [4.69, 9.17) is 4.74 Å². The highest BCUT2D eigenvalue weighted by Crippen LogP contribution is 2.13. The van der Waals surface area contributed by atoms with Crippen LogP contribution in [0.2, 0.25) is 0 Å². The van der Waals surface area contributed by atoms with Crippen LogP contribution in [0.5, 0.6) is 0 Å². The predicted molar refractivity (Wildman–Crippen MR) is 91.0 cm³/mol. The number of hydrogen-bond acceptors (Lipinski definition) is 6. The number of ether oxygens (including phenoxy) is 1. The van der Waals surface area contributed by atoms with E-state index in [0.717, 1.165) is 0 Å². The molecule has 7 heteroatoms. The van der Waals surface area contributed by atoms with Crippen LogP contribution in [0.25, 0.3) is 0 Å². The van der Waals surface area contributed by atoms with Crippen molar-refractivity contribution in [3.05, 3.63) is 36.6 Å². The van der Waals surface area contributed by atoms with Crippen molar-refractivity contribution in [2.45, 2.75) is 39.8 Å². The Balaban J connectivity index is 2.85. The standard InChI is InChI=1S/C17H26N4O3/c1-10(2)14(21-16(22)13-9-18-7-8-19-13)12(5)20-15(11(3)4)17(23)24-6/h7-11,14-15,20H,5H2,1-4,6H3,(H,21,22)/t14-,15?/m0/s1. The van der Waals surface area contributed by atoms with Gasteiger partial charge in [0.15, 0.2) is 0 Å². The number of esters is 1. The average Bonchev–Trinajstić information content (AvgIpc) is 2.56. The van der Waals surface area contributed by atoms with Crippen LogP contribution in [-0.4, -0.2) is 41.0 Å². The highest BCUT2D eigenvalue weighted by molar-refractivity contribution is 5.92. The van der Waals surface area contributed by atoms with E-state index in [1.54, 1.807) is 0 Å². The number of methoxy groups -OCH3 is 1. The summed E-state index contributed by atoms with van der Waals surface area (Å²) in [5, 5.41) is 5.96. The third kappa shape index (κ3) is 5.33. The third-order valence-electron chi connectivity index (χ3n) is 3.59. The van der Waals surface area contributed by atoms with Crippen molar-refractivity contribution in [1.29, 1.82) is 0 Å². The summed E-state index contributed by atoms with van der Waals surface area (Å²) in [5.41, 5.74) is 0.774. The molecule has 0 aliphatic carbocycles. The lowest BCUT2D eigenvalue weighted by atomic mass is 9.98. The number of nitrogens with zero attached hydrogens (tertiary/aromatic N) is 2. The molecule has 0 saturated carbocycles. The first-order chi connectivity index (χ1) is 11.3. The summed E-state index contributed by atoms with van der Waals surface area (Å²) >= 11 is 0. The molecule has 0 spiro atoms. The fourth-order valence-electron chi connectivity index (χ4n) is 2.20. The van der Waals surface area contributed by atoms with Crippen LogP contribution in [0, 0.1) is 11.8 Å². The zero-order chi connectivity index (χ0) is 18.3. The molecule has 1 amide bonds. The SMILES string of the molecule is C=C(NC(C(=O)OC)C(C)C)[C@@H](NC(=O)c1cnccn1)C(C)C. The van der Waals surface area contributed by atoms with Crippen LogP contribution in [0.4, 0.5) is 0 Å². The number of rotatable bonds is 8. The summed E-state index contributed by atoms with van der Waals surface area (Å²) in [6.07, 6.45) is 4.35. The molecule has 1 heterocycles. The van der Waals surface area contributed by atoms with E-state index in [1.807, 2.05) is 27.7 Å². The summed E-state index contributed by atoms with van der Waals surface area (Å²) in [7, 11) is 1.35. The molecular formula is C17H26N4O3. The molecule has 1 unspecified atom stereocenters. The number of hydrogen-bond donors (Lipinski definition) is 2. The first kappa shape index (κ1) is 19.6. The Bertz CT molecular complexity index is 572. The minimum absolute atomic E-state index is 0.0118. The van der Waals surface area contributed by atoms with Crippen molar-refractivity contribution in [3.63, 3.8) is 0 Å². The molecule has 24 heavy (non-hydrogen) atoms. The zero-order valence-electron chi connectivity index (χ0n) is 14.9. The van der Waals surface area contributed by atoms with Crippen molar-refractivity contribution in [2.24, 2.45) is 11.8 Å². The molecule has 2 N–H and O–H groups in total. The predicted octanol–water partition coefficient (Wildman–Crippen LogP) is 1.53. The Morgan fingerprint density at radius 2 is 1.71 bits per heavy atom. The molecule has 0 aromatic carbocycles. The smallest absolute Gasteiger partial charge is 0.328 e. The van der Waals surface area contributed by atoms with E-state index in [9.17, 15) is 9.59 Å². The van der Waals surface area contributed by atoms with Crippen LogP contribution in [0.3, 0.4) is 0 Å². The lowest BCUT2D eigenvalue weighted by Crippen LogP contribution is -2.49. The summed E-state index contributed by atoms with van der Waals surface area (Å²) < 4.78 is 4.82. The molecule has 0 radical (unpaired) electrons. The van der Waals surface area contributed by atoms with E-state index in [-0.39, 0.29) is 35.4 Å². The maximum Gasteiger partial charge on any atom is 0.328 e. The minimum Gasteiger partial charge on any atom is -0.467 e. The second-order valence-electron chi connectivity index (χ2n) is 6.20. The molecule has 0 aliphatic heterocycles. The van der Waals surface area contributed by atoms with Crippen LogP contribution < -0.4 is 10.6 Å². The number of aromatic nitrogens is 2. The second-order valence-corrected chi connectivity index (χ2v) is 6.20. The molecule has 0 fully saturated rings. The van der Waals surface area contributed by atoms with Gasteiger partial charge in [-0.1, -0.05) is 34.3 Å². The van der Waals surface area contributed by atoms with Crippen molar-refractivity contribution in [1.82, 2.24) is 20.6 Å².